The van der Waals surface area contributed by atoms with Crippen LogP contribution in [0.1, 0.15) is 62.1 Å². The Morgan fingerprint density at radius 3 is 2.10 bits per heavy atom. The van der Waals surface area contributed by atoms with Crippen molar-refractivity contribution in [1.82, 2.24) is 10.2 Å². The molecular weight excluding hydrogens is 570 g/mol. The van der Waals surface area contributed by atoms with Gasteiger partial charge in [-0.15, -0.1) is 0 Å². The zero-order valence-electron chi connectivity index (χ0n) is 24.5. The average molecular weight is 610 g/mol. The maximum absolute atomic E-state index is 14.2. The van der Waals surface area contributed by atoms with Crippen LogP contribution in [-0.2, 0) is 32.6 Å². The van der Waals surface area contributed by atoms with E-state index >= 15 is 0 Å². The monoisotopic (exact) mass is 609 g/mol. The van der Waals surface area contributed by atoms with E-state index in [9.17, 15) is 18.0 Å². The van der Waals surface area contributed by atoms with E-state index < -0.39 is 28.5 Å². The summed E-state index contributed by atoms with van der Waals surface area (Å²) in [6.45, 7) is 3.81. The molecule has 0 radical (unpaired) electrons. The van der Waals surface area contributed by atoms with Gasteiger partial charge in [0.15, 0.2) is 0 Å². The fourth-order valence-corrected chi connectivity index (χ4v) is 6.32. The van der Waals surface area contributed by atoms with E-state index in [-0.39, 0.29) is 24.4 Å². The Labute approximate surface area is 254 Å². The van der Waals surface area contributed by atoms with Gasteiger partial charge in [0.2, 0.25) is 21.8 Å². The van der Waals surface area contributed by atoms with Crippen molar-refractivity contribution in [2.45, 2.75) is 70.5 Å². The minimum absolute atomic E-state index is 0.0650. The molecule has 0 aliphatic heterocycles. The first-order valence-electron chi connectivity index (χ1n) is 14.5. The van der Waals surface area contributed by atoms with Crippen LogP contribution in [0.5, 0.6) is 0 Å². The second kappa shape index (κ2) is 14.2. The van der Waals surface area contributed by atoms with Crippen LogP contribution in [-0.4, -0.2) is 50.0 Å². The van der Waals surface area contributed by atoms with Gasteiger partial charge in [-0.25, -0.2) is 8.42 Å². The van der Waals surface area contributed by atoms with E-state index in [0.717, 1.165) is 52.9 Å². The van der Waals surface area contributed by atoms with Crippen molar-refractivity contribution in [1.29, 1.82) is 0 Å². The molecule has 0 saturated heterocycles. The molecule has 1 unspecified atom stereocenters. The van der Waals surface area contributed by atoms with E-state index in [1.165, 1.54) is 4.90 Å². The first-order valence-corrected chi connectivity index (χ1v) is 16.7. The number of carbonyl (C=O) groups excluding carboxylic acids is 2. The van der Waals surface area contributed by atoms with Crippen LogP contribution in [0.15, 0.2) is 78.9 Å². The van der Waals surface area contributed by atoms with Gasteiger partial charge in [0.05, 0.1) is 11.9 Å². The number of sulfonamides is 1. The third-order valence-corrected chi connectivity index (χ3v) is 9.16. The predicted octanol–water partition coefficient (Wildman–Crippen LogP) is 5.93. The number of hydrogen-bond donors (Lipinski definition) is 1. The summed E-state index contributed by atoms with van der Waals surface area (Å²) in [4.78, 5) is 29.6. The van der Waals surface area contributed by atoms with Gasteiger partial charge >= 0.3 is 0 Å². The molecule has 42 heavy (non-hydrogen) atoms. The Hall–Kier alpha value is -3.36. The average Bonchev–Trinajstić information content (AvgIpc) is 3.47. The van der Waals surface area contributed by atoms with Crippen LogP contribution >= 0.6 is 11.6 Å². The number of anilines is 1. The van der Waals surface area contributed by atoms with Crippen LogP contribution in [0.4, 0.5) is 5.69 Å². The van der Waals surface area contributed by atoms with E-state index in [4.69, 9.17) is 11.6 Å². The highest BCUT2D eigenvalue weighted by Crippen LogP contribution is 2.24. The summed E-state index contributed by atoms with van der Waals surface area (Å²) in [5.41, 5.74) is 3.15. The molecular formula is C33H40ClN3O4S. The smallest absolute Gasteiger partial charge is 0.244 e. The highest BCUT2D eigenvalue weighted by atomic mass is 35.5. The summed E-state index contributed by atoms with van der Waals surface area (Å²) in [6.07, 6.45) is 5.31. The lowest BCUT2D eigenvalue weighted by Gasteiger charge is -2.34. The number of carbonyl (C=O) groups is 2. The molecule has 9 heteroatoms. The zero-order valence-corrected chi connectivity index (χ0v) is 26.1. The van der Waals surface area contributed by atoms with Crippen molar-refractivity contribution in [3.05, 3.63) is 101 Å². The molecule has 4 rings (SSSR count). The molecule has 1 atom stereocenters. The molecule has 3 aromatic carbocycles. The van der Waals surface area contributed by atoms with Crippen LogP contribution in [0, 0.1) is 0 Å². The van der Waals surface area contributed by atoms with Crippen molar-refractivity contribution in [3.63, 3.8) is 0 Å². The summed E-state index contributed by atoms with van der Waals surface area (Å²) in [6, 6.07) is 23.1. The van der Waals surface area contributed by atoms with Crippen molar-refractivity contribution in [3.8, 4) is 0 Å². The molecule has 0 aromatic heterocycles. The van der Waals surface area contributed by atoms with Crippen LogP contribution in [0.3, 0.4) is 0 Å². The van der Waals surface area contributed by atoms with Gasteiger partial charge in [-0.3, -0.25) is 13.9 Å². The molecule has 2 amide bonds. The van der Waals surface area contributed by atoms with E-state index in [1.54, 1.807) is 24.3 Å². The van der Waals surface area contributed by atoms with Gasteiger partial charge in [0, 0.05) is 24.0 Å². The molecule has 3 aromatic rings. The lowest BCUT2D eigenvalue weighted by Crippen LogP contribution is -2.54. The van der Waals surface area contributed by atoms with Crippen LogP contribution < -0.4 is 9.62 Å². The van der Waals surface area contributed by atoms with Crippen LogP contribution in [0.2, 0.25) is 5.02 Å². The summed E-state index contributed by atoms with van der Waals surface area (Å²) in [5.74, 6) is -0.426. The predicted molar refractivity (Wildman–Crippen MR) is 169 cm³/mol. The number of rotatable bonds is 12. The molecule has 7 nitrogen and oxygen atoms in total. The number of amides is 2. The molecule has 1 saturated carbocycles. The molecule has 1 aliphatic rings. The zero-order chi connectivity index (χ0) is 30.3. The standard InChI is InChI=1S/C33H40ClN3O4S/c1-24(2)27-15-19-30(20-16-27)37(42(3,40)41)23-32(38)36(22-26-13-17-28(34)18-14-26)31(21-25-9-5-4-6-10-25)33(39)35-29-11-7-8-12-29/h4-6,9-10,13-20,24,29,31H,7-8,11-12,21-23H2,1-3H3,(H,35,39). The third kappa shape index (κ3) is 8.58. The van der Waals surface area contributed by atoms with Gasteiger partial charge < -0.3 is 10.2 Å². The number of hydrogen-bond acceptors (Lipinski definition) is 4. The van der Waals surface area contributed by atoms with E-state index in [0.29, 0.717) is 17.1 Å². The van der Waals surface area contributed by atoms with Crippen molar-refractivity contribution in [2.75, 3.05) is 17.1 Å². The second-order valence-corrected chi connectivity index (χ2v) is 13.7. The lowest BCUT2D eigenvalue weighted by atomic mass is 10.0. The number of benzene rings is 3. The van der Waals surface area contributed by atoms with Crippen molar-refractivity contribution >= 4 is 39.1 Å². The summed E-state index contributed by atoms with van der Waals surface area (Å²) < 4.78 is 27.1. The number of halogens is 1. The maximum Gasteiger partial charge on any atom is 0.244 e. The largest absolute Gasteiger partial charge is 0.352 e. The minimum atomic E-state index is -3.81. The molecule has 1 aliphatic carbocycles. The molecule has 0 heterocycles. The quantitative estimate of drug-likeness (QED) is 0.276. The third-order valence-electron chi connectivity index (χ3n) is 7.77. The second-order valence-electron chi connectivity index (χ2n) is 11.4. The van der Waals surface area contributed by atoms with Crippen LogP contribution in [0.25, 0.3) is 0 Å². The summed E-state index contributed by atoms with van der Waals surface area (Å²) >= 11 is 6.13. The van der Waals surface area contributed by atoms with Gasteiger partial charge in [-0.2, -0.15) is 0 Å². The number of nitrogens with zero attached hydrogens (tertiary/aromatic N) is 2. The van der Waals surface area contributed by atoms with Gasteiger partial charge in [-0.1, -0.05) is 92.9 Å². The summed E-state index contributed by atoms with van der Waals surface area (Å²) in [7, 11) is -3.81. The maximum atomic E-state index is 14.2. The Morgan fingerprint density at radius 2 is 1.52 bits per heavy atom. The van der Waals surface area contributed by atoms with Gasteiger partial charge in [-0.05, 0) is 59.7 Å². The molecule has 1 N–H and O–H groups in total. The molecule has 0 bridgehead atoms. The van der Waals surface area contributed by atoms with Gasteiger partial charge in [0.25, 0.3) is 0 Å². The molecule has 0 spiro atoms. The highest BCUT2D eigenvalue weighted by molar-refractivity contribution is 7.92. The van der Waals surface area contributed by atoms with Crippen molar-refractivity contribution < 1.29 is 18.0 Å². The van der Waals surface area contributed by atoms with Crippen molar-refractivity contribution in [2.24, 2.45) is 0 Å². The fourth-order valence-electron chi connectivity index (χ4n) is 5.35. The highest BCUT2D eigenvalue weighted by Gasteiger charge is 2.34. The molecule has 1 fully saturated rings. The minimum Gasteiger partial charge on any atom is -0.352 e. The molecule has 224 valence electrons. The van der Waals surface area contributed by atoms with Gasteiger partial charge in [0.1, 0.15) is 12.6 Å². The normalized spacial score (nSPS) is 14.5. The Bertz CT molecular complexity index is 1440. The van der Waals surface area contributed by atoms with E-state index in [2.05, 4.69) is 19.2 Å². The fraction of sp³-hybridized carbons (Fsp3) is 0.394. The topological polar surface area (TPSA) is 86.8 Å². The summed E-state index contributed by atoms with van der Waals surface area (Å²) in [5, 5.41) is 3.74. The Balaban J connectivity index is 1.71. The Morgan fingerprint density at radius 1 is 0.905 bits per heavy atom. The number of nitrogens with one attached hydrogen (secondary N) is 1. The SMILES string of the molecule is CC(C)c1ccc(N(CC(=O)N(Cc2ccc(Cl)cc2)C(Cc2ccccc2)C(=O)NC2CCCC2)S(C)(=O)=O)cc1. The Kier molecular flexibility index (Phi) is 10.7. The first-order chi connectivity index (χ1) is 20.0. The van der Waals surface area contributed by atoms with E-state index in [1.807, 2.05) is 54.6 Å². The lowest BCUT2D eigenvalue weighted by molar-refractivity contribution is -0.140. The first kappa shape index (κ1) is 31.6.